The highest BCUT2D eigenvalue weighted by molar-refractivity contribution is 7.81. The van der Waals surface area contributed by atoms with Crippen LogP contribution in [0.3, 0.4) is 0 Å². The number of hydrogen-bond acceptors (Lipinski definition) is 10. The van der Waals surface area contributed by atoms with Crippen LogP contribution in [-0.2, 0) is 0 Å². The van der Waals surface area contributed by atoms with Gasteiger partial charge in [-0.05, 0) is 64.5 Å². The van der Waals surface area contributed by atoms with Gasteiger partial charge in [0.2, 0.25) is 17.2 Å². The zero-order chi connectivity index (χ0) is 29.9. The number of halogens is 1. The molecule has 1 heterocycles. The molecule has 4 aromatic carbocycles. The van der Waals surface area contributed by atoms with Gasteiger partial charge in [-0.1, -0.05) is 65.0 Å². The fraction of sp³-hybridized carbons (Fsp3) is 0.233. The molecule has 0 saturated carbocycles. The predicted octanol–water partition coefficient (Wildman–Crippen LogP) is 10.7. The molecular weight excluding hydrogens is 590 g/mol. The van der Waals surface area contributed by atoms with E-state index in [0.29, 0.717) is 28.2 Å². The van der Waals surface area contributed by atoms with E-state index >= 15 is 0 Å². The minimum atomic E-state index is 0.0903. The summed E-state index contributed by atoms with van der Waals surface area (Å²) in [6, 6.07) is 19.6. The minimum Gasteiger partial charge on any atom is -0.354 e. The van der Waals surface area contributed by atoms with Gasteiger partial charge >= 0.3 is 0 Å². The average Bonchev–Trinajstić information content (AvgIpc) is 2.98. The molecule has 11 heteroatoms. The molecule has 0 aliphatic carbocycles. The maximum Gasteiger partial charge on any atom is 0.233 e. The Balaban J connectivity index is 0.00000111. The SMILES string of the molecule is CC.CC.CCCNc1nc(Cl)nc(Nc2cc(S)cc3cc(S)c(N=Nc4ccc5ccccc5c4S)cc23)n1. The number of benzene rings is 4. The lowest BCUT2D eigenvalue weighted by molar-refractivity contribution is 0.940. The van der Waals surface area contributed by atoms with Crippen molar-refractivity contribution in [3.63, 3.8) is 0 Å². The molecule has 0 radical (unpaired) electrons. The highest BCUT2D eigenvalue weighted by Gasteiger charge is 2.12. The first-order valence-corrected chi connectivity index (χ1v) is 15.2. The van der Waals surface area contributed by atoms with Crippen LogP contribution in [0.25, 0.3) is 21.5 Å². The van der Waals surface area contributed by atoms with E-state index in [1.165, 1.54) is 0 Å². The molecule has 0 aliphatic rings. The lowest BCUT2D eigenvalue weighted by Gasteiger charge is -2.12. The van der Waals surface area contributed by atoms with Crippen molar-refractivity contribution in [3.8, 4) is 0 Å². The van der Waals surface area contributed by atoms with E-state index in [-0.39, 0.29) is 5.28 Å². The molecule has 0 spiro atoms. The Morgan fingerprint density at radius 2 is 1.46 bits per heavy atom. The van der Waals surface area contributed by atoms with Crippen molar-refractivity contribution in [3.05, 3.63) is 65.9 Å². The van der Waals surface area contributed by atoms with Crippen LogP contribution < -0.4 is 10.6 Å². The van der Waals surface area contributed by atoms with E-state index in [9.17, 15) is 0 Å². The van der Waals surface area contributed by atoms with Crippen LogP contribution in [0.4, 0.5) is 29.0 Å². The van der Waals surface area contributed by atoms with Gasteiger partial charge in [0.15, 0.2) is 0 Å². The standard InChI is InChI=1S/C26H22ClN7S3.2C2H6/c1-2-9-28-25-30-24(27)31-26(32-25)29-20-12-16(35)10-15-11-22(36)21(13-18(15)20)34-33-19-8-7-14-5-3-4-6-17(14)23(19)37;2*1-2/h3-8,10-13,35-37H,2,9H2,1H3,(H2,28,29,30,31,32);2*1-2H3. The van der Waals surface area contributed by atoms with Gasteiger partial charge in [0, 0.05) is 32.3 Å². The second kappa shape index (κ2) is 15.8. The van der Waals surface area contributed by atoms with Gasteiger partial charge in [-0.3, -0.25) is 0 Å². The molecule has 0 bridgehead atoms. The molecule has 0 aliphatic heterocycles. The number of fused-ring (bicyclic) bond motifs is 2. The molecule has 1 aromatic heterocycles. The molecule has 0 fully saturated rings. The normalized spacial score (nSPS) is 10.7. The van der Waals surface area contributed by atoms with E-state index < -0.39 is 0 Å². The Morgan fingerprint density at radius 1 is 0.756 bits per heavy atom. The molecule has 0 unspecified atom stereocenters. The lowest BCUT2D eigenvalue weighted by Crippen LogP contribution is -2.08. The number of thiol groups is 3. The summed E-state index contributed by atoms with van der Waals surface area (Å²) in [5.41, 5.74) is 2.01. The van der Waals surface area contributed by atoms with E-state index in [1.54, 1.807) is 0 Å². The maximum atomic E-state index is 6.14. The molecule has 2 N–H and O–H groups in total. The van der Waals surface area contributed by atoms with Gasteiger partial charge in [-0.25, -0.2) is 0 Å². The Bertz CT molecular complexity index is 1660. The maximum absolute atomic E-state index is 6.14. The summed E-state index contributed by atoms with van der Waals surface area (Å²) >= 11 is 20.0. The monoisotopic (exact) mass is 623 g/mol. The summed E-state index contributed by atoms with van der Waals surface area (Å²) in [7, 11) is 0. The topological polar surface area (TPSA) is 87.5 Å². The lowest BCUT2D eigenvalue weighted by atomic mass is 10.1. The smallest absolute Gasteiger partial charge is 0.233 e. The number of aromatic nitrogens is 3. The largest absolute Gasteiger partial charge is 0.354 e. The van der Waals surface area contributed by atoms with Crippen molar-refractivity contribution in [1.82, 2.24) is 15.0 Å². The zero-order valence-corrected chi connectivity index (χ0v) is 27.1. The van der Waals surface area contributed by atoms with Crippen molar-refractivity contribution in [2.45, 2.75) is 55.7 Å². The summed E-state index contributed by atoms with van der Waals surface area (Å²) in [5.74, 6) is 0.716. The van der Waals surface area contributed by atoms with E-state index in [4.69, 9.17) is 11.6 Å². The molecule has 0 atom stereocenters. The number of nitrogens with one attached hydrogen (secondary N) is 2. The highest BCUT2D eigenvalue weighted by atomic mass is 35.5. The number of anilines is 3. The predicted molar refractivity (Wildman–Crippen MR) is 183 cm³/mol. The van der Waals surface area contributed by atoms with Crippen LogP contribution in [-0.4, -0.2) is 21.5 Å². The average molecular weight is 624 g/mol. The van der Waals surface area contributed by atoms with Crippen molar-refractivity contribution in [1.29, 1.82) is 0 Å². The van der Waals surface area contributed by atoms with Crippen LogP contribution in [0.5, 0.6) is 0 Å². The molecule has 214 valence electrons. The van der Waals surface area contributed by atoms with Gasteiger partial charge in [0.25, 0.3) is 0 Å². The van der Waals surface area contributed by atoms with Crippen LogP contribution in [0.15, 0.2) is 85.6 Å². The Kier molecular flexibility index (Phi) is 12.5. The molecule has 0 saturated heterocycles. The summed E-state index contributed by atoms with van der Waals surface area (Å²) in [5, 5.41) is 19.4. The van der Waals surface area contributed by atoms with Crippen molar-refractivity contribution in [2.75, 3.05) is 17.2 Å². The number of hydrogen-bond donors (Lipinski definition) is 5. The molecule has 7 nitrogen and oxygen atoms in total. The van der Waals surface area contributed by atoms with Crippen molar-refractivity contribution >= 4 is 100.0 Å². The van der Waals surface area contributed by atoms with Crippen LogP contribution in [0, 0.1) is 0 Å². The third kappa shape index (κ3) is 8.25. The van der Waals surface area contributed by atoms with Gasteiger partial charge in [0.05, 0.1) is 11.4 Å². The van der Waals surface area contributed by atoms with E-state index in [2.05, 4.69) is 80.6 Å². The summed E-state index contributed by atoms with van der Waals surface area (Å²) in [4.78, 5) is 15.0. The molecule has 0 amide bonds. The Hall–Kier alpha value is -3.05. The molecular formula is C30H34ClN7S3. The van der Waals surface area contributed by atoms with Gasteiger partial charge < -0.3 is 10.6 Å². The van der Waals surface area contributed by atoms with Crippen molar-refractivity contribution in [2.24, 2.45) is 10.2 Å². The first-order valence-electron chi connectivity index (χ1n) is 13.5. The molecule has 41 heavy (non-hydrogen) atoms. The quantitative estimate of drug-likeness (QED) is 0.0919. The van der Waals surface area contributed by atoms with Crippen LogP contribution >= 0.6 is 49.5 Å². The summed E-state index contributed by atoms with van der Waals surface area (Å²) in [6.45, 7) is 10.8. The van der Waals surface area contributed by atoms with E-state index in [0.717, 1.165) is 50.0 Å². The van der Waals surface area contributed by atoms with Gasteiger partial charge in [-0.15, -0.1) is 48.1 Å². The van der Waals surface area contributed by atoms with Gasteiger partial charge in [0.1, 0.15) is 0 Å². The summed E-state index contributed by atoms with van der Waals surface area (Å²) < 4.78 is 0. The number of nitrogens with zero attached hydrogens (tertiary/aromatic N) is 5. The van der Waals surface area contributed by atoms with Gasteiger partial charge in [-0.2, -0.15) is 15.0 Å². The first kappa shape index (κ1) is 32.5. The molecule has 5 aromatic rings. The number of azo groups is 1. The second-order valence-corrected chi connectivity index (χ2v) is 10.00. The zero-order valence-electron chi connectivity index (χ0n) is 23.6. The van der Waals surface area contributed by atoms with E-state index in [1.807, 2.05) is 88.4 Å². The highest BCUT2D eigenvalue weighted by Crippen LogP contribution is 2.38. The van der Waals surface area contributed by atoms with Crippen molar-refractivity contribution < 1.29 is 0 Å². The first-order chi connectivity index (χ1) is 19.9. The number of rotatable bonds is 7. The fourth-order valence-electron chi connectivity index (χ4n) is 3.83. The summed E-state index contributed by atoms with van der Waals surface area (Å²) in [6.07, 6.45) is 0.926. The third-order valence-corrected chi connectivity index (χ3v) is 6.82. The Labute approximate surface area is 262 Å². The van der Waals surface area contributed by atoms with Crippen LogP contribution in [0.2, 0.25) is 5.28 Å². The second-order valence-electron chi connectivity index (χ2n) is 8.21. The minimum absolute atomic E-state index is 0.0903. The third-order valence-electron chi connectivity index (χ3n) is 5.56. The Morgan fingerprint density at radius 3 is 2.22 bits per heavy atom. The fourth-order valence-corrected chi connectivity index (χ4v) is 4.83. The van der Waals surface area contributed by atoms with Crippen LogP contribution in [0.1, 0.15) is 41.0 Å². The molecule has 5 rings (SSSR count).